The fraction of sp³-hybridized carbons (Fsp3) is 0.783. The van der Waals surface area contributed by atoms with Gasteiger partial charge in [0.05, 0.1) is 5.01 Å². The normalized spacial score (nSPS) is 21.6. The molecule has 0 radical (unpaired) electrons. The van der Waals surface area contributed by atoms with E-state index in [0.29, 0.717) is 36.8 Å². The van der Waals surface area contributed by atoms with Crippen molar-refractivity contribution in [3.63, 3.8) is 0 Å². The Bertz CT molecular complexity index is 772. The number of thiazole rings is 1. The average molecular weight is 450 g/mol. The molecule has 0 aromatic carbocycles. The summed E-state index contributed by atoms with van der Waals surface area (Å²) in [4.78, 5) is 37.4. The molecule has 1 aliphatic heterocycles. The highest BCUT2D eigenvalue weighted by Crippen LogP contribution is 2.36. The summed E-state index contributed by atoms with van der Waals surface area (Å²) in [5, 5.41) is 4.64. The minimum Gasteiger partial charge on any atom is -0.427 e. The number of hydrogen-bond donors (Lipinski definition) is 0. The lowest BCUT2D eigenvalue weighted by molar-refractivity contribution is -0.152. The Kier molecular flexibility index (Phi) is 6.86. The Balaban J connectivity index is 1.32. The lowest BCUT2D eigenvalue weighted by Gasteiger charge is -2.34. The van der Waals surface area contributed by atoms with Crippen molar-refractivity contribution in [3.8, 4) is 0 Å². The summed E-state index contributed by atoms with van der Waals surface area (Å²) in [5.41, 5.74) is 0.0514. The molecule has 1 amide bonds. The predicted molar refractivity (Wildman–Crippen MR) is 119 cm³/mol. The van der Waals surface area contributed by atoms with Crippen molar-refractivity contribution < 1.29 is 19.2 Å². The molecule has 0 N–H and O–H groups in total. The number of hydroxylamine groups is 2. The Morgan fingerprint density at radius 1 is 1.03 bits per heavy atom. The van der Waals surface area contributed by atoms with E-state index >= 15 is 0 Å². The van der Waals surface area contributed by atoms with Crippen molar-refractivity contribution in [1.82, 2.24) is 14.9 Å². The number of carbonyl (C=O) groups is 2. The number of aromatic nitrogens is 1. The molecule has 4 rings (SSSR count). The second kappa shape index (κ2) is 9.45. The van der Waals surface area contributed by atoms with E-state index in [2.05, 4.69) is 4.90 Å². The van der Waals surface area contributed by atoms with Crippen LogP contribution in [0.15, 0.2) is 5.38 Å². The molecular weight excluding hydrogens is 414 g/mol. The summed E-state index contributed by atoms with van der Waals surface area (Å²) >= 11 is 1.59. The van der Waals surface area contributed by atoms with Gasteiger partial charge in [0, 0.05) is 36.5 Å². The van der Waals surface area contributed by atoms with Crippen molar-refractivity contribution in [2.45, 2.75) is 102 Å². The maximum atomic E-state index is 13.3. The maximum absolute atomic E-state index is 13.3. The van der Waals surface area contributed by atoms with E-state index in [1.165, 1.54) is 19.3 Å². The molecule has 31 heavy (non-hydrogen) atoms. The molecule has 172 valence electrons. The Hall–Kier alpha value is -1.67. The minimum atomic E-state index is -0.657. The van der Waals surface area contributed by atoms with Gasteiger partial charge in [-0.3, -0.25) is 4.79 Å². The number of nitrogens with zero attached hydrogens (tertiary/aromatic N) is 3. The molecule has 3 aliphatic rings. The predicted octanol–water partition coefficient (Wildman–Crippen LogP) is 5.13. The highest BCUT2D eigenvalue weighted by molar-refractivity contribution is 7.09. The molecule has 3 fully saturated rings. The summed E-state index contributed by atoms with van der Waals surface area (Å²) in [6.45, 7) is 6.74. The van der Waals surface area contributed by atoms with Crippen LogP contribution < -0.4 is 0 Å². The zero-order valence-corrected chi connectivity index (χ0v) is 19.8. The summed E-state index contributed by atoms with van der Waals surface area (Å²) in [5.74, 6) is 0.427. The van der Waals surface area contributed by atoms with E-state index in [4.69, 9.17) is 14.6 Å². The highest BCUT2D eigenvalue weighted by atomic mass is 32.1. The first kappa shape index (κ1) is 22.5. The van der Waals surface area contributed by atoms with E-state index in [1.54, 1.807) is 16.4 Å². The van der Waals surface area contributed by atoms with E-state index in [9.17, 15) is 9.59 Å². The molecule has 1 saturated heterocycles. The van der Waals surface area contributed by atoms with Gasteiger partial charge in [-0.2, -0.15) is 0 Å². The van der Waals surface area contributed by atoms with Crippen LogP contribution in [0.4, 0.5) is 4.79 Å². The first-order valence-corrected chi connectivity index (χ1v) is 12.6. The fourth-order valence-electron chi connectivity index (χ4n) is 4.62. The third-order valence-corrected chi connectivity index (χ3v) is 7.29. The number of amides is 1. The largest absolute Gasteiger partial charge is 0.528 e. The second-order valence-corrected chi connectivity index (χ2v) is 11.0. The van der Waals surface area contributed by atoms with Gasteiger partial charge >= 0.3 is 6.16 Å². The van der Waals surface area contributed by atoms with Crippen LogP contribution in [0.3, 0.4) is 0 Å². The topological polar surface area (TPSA) is 72.0 Å². The maximum Gasteiger partial charge on any atom is 0.528 e. The first-order valence-electron chi connectivity index (χ1n) is 11.7. The zero-order valence-electron chi connectivity index (χ0n) is 19.0. The number of ether oxygens (including phenoxy) is 1. The first-order chi connectivity index (χ1) is 14.8. The van der Waals surface area contributed by atoms with Gasteiger partial charge in [0.2, 0.25) is 0 Å². The summed E-state index contributed by atoms with van der Waals surface area (Å²) in [6, 6.07) is 0.820. The fourth-order valence-corrected chi connectivity index (χ4v) is 5.58. The van der Waals surface area contributed by atoms with Gasteiger partial charge in [0.1, 0.15) is 11.3 Å². The van der Waals surface area contributed by atoms with Crippen molar-refractivity contribution in [1.29, 1.82) is 0 Å². The molecule has 1 aromatic heterocycles. The third-order valence-electron chi connectivity index (χ3n) is 6.28. The molecule has 8 heteroatoms. The number of carbonyl (C=O) groups excluding carboxylic acids is 2. The molecule has 0 unspecified atom stereocenters. The number of rotatable bonds is 5. The third kappa shape index (κ3) is 5.98. The van der Waals surface area contributed by atoms with E-state index < -0.39 is 11.8 Å². The van der Waals surface area contributed by atoms with E-state index in [0.717, 1.165) is 43.5 Å². The van der Waals surface area contributed by atoms with Crippen molar-refractivity contribution >= 4 is 23.4 Å². The van der Waals surface area contributed by atoms with Crippen LogP contribution in [0.5, 0.6) is 0 Å². The van der Waals surface area contributed by atoms with Gasteiger partial charge in [-0.05, 0) is 59.3 Å². The van der Waals surface area contributed by atoms with Crippen LogP contribution in [-0.4, -0.2) is 57.8 Å². The van der Waals surface area contributed by atoms with Crippen LogP contribution >= 0.6 is 11.3 Å². The van der Waals surface area contributed by atoms with Crippen LogP contribution in [0.2, 0.25) is 0 Å². The monoisotopic (exact) mass is 449 g/mol. The molecule has 2 saturated carbocycles. The lowest BCUT2D eigenvalue weighted by atomic mass is 9.94. The van der Waals surface area contributed by atoms with Crippen LogP contribution in [0, 0.1) is 0 Å². The van der Waals surface area contributed by atoms with Gasteiger partial charge in [-0.15, -0.1) is 16.4 Å². The van der Waals surface area contributed by atoms with E-state index in [1.807, 2.05) is 26.2 Å². The van der Waals surface area contributed by atoms with Crippen molar-refractivity contribution in [2.24, 2.45) is 0 Å². The highest BCUT2D eigenvalue weighted by Gasteiger charge is 2.39. The van der Waals surface area contributed by atoms with Crippen LogP contribution in [-0.2, 0) is 9.57 Å². The standard InChI is InChI=1S/C23H35N3O4S/c1-23(2,3)29-22(28)30-25-13-11-16(12-14-25)20-24-19(15-31-20)21(27)26(18-9-10-18)17-7-5-4-6-8-17/h15-18H,4-14H2,1-3H3. The van der Waals surface area contributed by atoms with E-state index in [-0.39, 0.29) is 5.91 Å². The Morgan fingerprint density at radius 2 is 1.68 bits per heavy atom. The molecule has 1 aromatic rings. The van der Waals surface area contributed by atoms with Gasteiger partial charge in [0.15, 0.2) is 0 Å². The molecule has 0 bridgehead atoms. The van der Waals surface area contributed by atoms with Crippen LogP contribution in [0.1, 0.15) is 100.0 Å². The summed E-state index contributed by atoms with van der Waals surface area (Å²) in [7, 11) is 0. The molecule has 0 atom stereocenters. The van der Waals surface area contributed by atoms with Gasteiger partial charge in [-0.1, -0.05) is 19.3 Å². The van der Waals surface area contributed by atoms with Gasteiger partial charge in [-0.25, -0.2) is 9.78 Å². The van der Waals surface area contributed by atoms with Crippen molar-refractivity contribution in [2.75, 3.05) is 13.1 Å². The Morgan fingerprint density at radius 3 is 2.29 bits per heavy atom. The summed E-state index contributed by atoms with van der Waals surface area (Å²) in [6.07, 6.45) is 9.32. The van der Waals surface area contributed by atoms with Crippen LogP contribution in [0.25, 0.3) is 0 Å². The molecule has 2 heterocycles. The lowest BCUT2D eigenvalue weighted by Crippen LogP contribution is -2.43. The molecule has 7 nitrogen and oxygen atoms in total. The minimum absolute atomic E-state index is 0.127. The molecule has 2 aliphatic carbocycles. The zero-order chi connectivity index (χ0) is 22.0. The van der Waals surface area contributed by atoms with Gasteiger partial charge in [0.25, 0.3) is 5.91 Å². The quantitative estimate of drug-likeness (QED) is 0.581. The number of hydrogen-bond acceptors (Lipinski definition) is 7. The number of piperidine rings is 1. The Labute approximate surface area is 189 Å². The average Bonchev–Trinajstić information content (AvgIpc) is 3.42. The second-order valence-electron chi connectivity index (χ2n) is 10.1. The van der Waals surface area contributed by atoms with Crippen molar-refractivity contribution in [3.05, 3.63) is 16.1 Å². The van der Waals surface area contributed by atoms with Gasteiger partial charge < -0.3 is 14.5 Å². The molecular formula is C23H35N3O4S. The smallest absolute Gasteiger partial charge is 0.427 e. The SMILES string of the molecule is CC(C)(C)OC(=O)ON1CCC(c2nc(C(=O)N(C3CCCCC3)C3CC3)cs2)CC1. The molecule has 0 spiro atoms. The summed E-state index contributed by atoms with van der Waals surface area (Å²) < 4.78 is 5.22.